The molecule has 2 aromatic carbocycles. The number of amides is 1. The third-order valence-electron chi connectivity index (χ3n) is 3.18. The van der Waals surface area contributed by atoms with Crippen molar-refractivity contribution in [2.24, 2.45) is 0 Å². The zero-order chi connectivity index (χ0) is 17.8. The summed E-state index contributed by atoms with van der Waals surface area (Å²) in [4.78, 5) is 22.5. The standard InChI is InChI=1S/C17H12N2O6/c20-13-3-5-14(6-4-13)25-15-9-11(8-12(10-15)19(22)23)18-17(21)16-2-1-7-24-16/h1-10,20H,(H,18,21). The van der Waals surface area contributed by atoms with Gasteiger partial charge in [-0.05, 0) is 36.4 Å². The average Bonchev–Trinajstić information content (AvgIpc) is 3.11. The molecule has 2 N–H and O–H groups in total. The van der Waals surface area contributed by atoms with E-state index in [0.717, 1.165) is 0 Å². The molecule has 126 valence electrons. The Kier molecular flexibility index (Phi) is 4.34. The van der Waals surface area contributed by atoms with Crippen LogP contribution in [0.4, 0.5) is 11.4 Å². The number of carbonyl (C=O) groups excluding carboxylic acids is 1. The van der Waals surface area contributed by atoms with Gasteiger partial charge in [-0.25, -0.2) is 0 Å². The number of ether oxygens (including phenoxy) is 1. The Morgan fingerprint density at radius 1 is 1.12 bits per heavy atom. The summed E-state index contributed by atoms with van der Waals surface area (Å²) in [5.41, 5.74) is -0.0598. The number of furan rings is 1. The normalized spacial score (nSPS) is 10.2. The van der Waals surface area contributed by atoms with E-state index < -0.39 is 10.8 Å². The third-order valence-corrected chi connectivity index (χ3v) is 3.18. The molecule has 1 heterocycles. The SMILES string of the molecule is O=C(Nc1cc(Oc2ccc(O)cc2)cc([N+](=O)[O-])c1)c1ccco1. The maximum absolute atomic E-state index is 12.0. The summed E-state index contributed by atoms with van der Waals surface area (Å²) >= 11 is 0. The van der Waals surface area contributed by atoms with Crippen LogP contribution < -0.4 is 10.1 Å². The monoisotopic (exact) mass is 340 g/mol. The lowest BCUT2D eigenvalue weighted by Gasteiger charge is -2.09. The molecule has 1 aromatic heterocycles. The van der Waals surface area contributed by atoms with Gasteiger partial charge in [-0.3, -0.25) is 14.9 Å². The Labute approximate surface area is 141 Å². The molecule has 0 aliphatic carbocycles. The molecule has 3 aromatic rings. The molecule has 0 saturated carbocycles. The Morgan fingerprint density at radius 2 is 1.88 bits per heavy atom. The van der Waals surface area contributed by atoms with E-state index >= 15 is 0 Å². The molecular weight excluding hydrogens is 328 g/mol. The largest absolute Gasteiger partial charge is 0.508 e. The van der Waals surface area contributed by atoms with Gasteiger partial charge in [0.05, 0.1) is 22.9 Å². The fourth-order valence-corrected chi connectivity index (χ4v) is 2.07. The van der Waals surface area contributed by atoms with Crippen molar-refractivity contribution in [2.75, 3.05) is 5.32 Å². The molecule has 1 amide bonds. The predicted molar refractivity (Wildman–Crippen MR) is 87.9 cm³/mol. The summed E-state index contributed by atoms with van der Waals surface area (Å²) in [6.45, 7) is 0. The van der Waals surface area contributed by atoms with Crippen LogP contribution in [-0.2, 0) is 0 Å². The summed E-state index contributed by atoms with van der Waals surface area (Å²) in [5, 5.41) is 22.9. The van der Waals surface area contributed by atoms with E-state index in [9.17, 15) is 20.0 Å². The lowest BCUT2D eigenvalue weighted by molar-refractivity contribution is -0.384. The number of non-ortho nitro benzene ring substituents is 1. The maximum atomic E-state index is 12.0. The van der Waals surface area contributed by atoms with Crippen molar-refractivity contribution in [3.63, 3.8) is 0 Å². The molecule has 0 atom stereocenters. The van der Waals surface area contributed by atoms with Gasteiger partial charge in [0.1, 0.15) is 17.2 Å². The first kappa shape index (κ1) is 16.1. The number of nitrogens with zero attached hydrogens (tertiary/aromatic N) is 1. The van der Waals surface area contributed by atoms with Crippen molar-refractivity contribution in [1.82, 2.24) is 0 Å². The zero-order valence-electron chi connectivity index (χ0n) is 12.7. The number of rotatable bonds is 5. The highest BCUT2D eigenvalue weighted by molar-refractivity contribution is 6.02. The van der Waals surface area contributed by atoms with Crippen LogP contribution in [0.5, 0.6) is 17.2 Å². The van der Waals surface area contributed by atoms with Crippen LogP contribution in [0.2, 0.25) is 0 Å². The molecule has 0 saturated heterocycles. The maximum Gasteiger partial charge on any atom is 0.291 e. The van der Waals surface area contributed by atoms with Crippen LogP contribution in [0.3, 0.4) is 0 Å². The Balaban J connectivity index is 1.87. The first-order valence-electron chi connectivity index (χ1n) is 7.12. The minimum Gasteiger partial charge on any atom is -0.508 e. The topological polar surface area (TPSA) is 115 Å². The Morgan fingerprint density at radius 3 is 2.52 bits per heavy atom. The predicted octanol–water partition coefficient (Wildman–Crippen LogP) is 3.94. The summed E-state index contributed by atoms with van der Waals surface area (Å²) in [6.07, 6.45) is 1.35. The highest BCUT2D eigenvalue weighted by Crippen LogP contribution is 2.30. The van der Waals surface area contributed by atoms with Crippen LogP contribution in [-0.4, -0.2) is 15.9 Å². The number of aromatic hydroxyl groups is 1. The quantitative estimate of drug-likeness (QED) is 0.537. The molecular formula is C17H12N2O6. The van der Waals surface area contributed by atoms with E-state index in [4.69, 9.17) is 9.15 Å². The second-order valence-corrected chi connectivity index (χ2v) is 5.00. The number of phenols is 1. The van der Waals surface area contributed by atoms with Crippen molar-refractivity contribution < 1.29 is 24.0 Å². The molecule has 8 heteroatoms. The van der Waals surface area contributed by atoms with E-state index in [-0.39, 0.29) is 28.6 Å². The van der Waals surface area contributed by atoms with E-state index in [1.54, 1.807) is 6.07 Å². The second-order valence-electron chi connectivity index (χ2n) is 5.00. The molecule has 3 rings (SSSR count). The van der Waals surface area contributed by atoms with Gasteiger partial charge in [0.25, 0.3) is 11.6 Å². The van der Waals surface area contributed by atoms with Gasteiger partial charge >= 0.3 is 0 Å². The van der Waals surface area contributed by atoms with Crippen molar-refractivity contribution in [2.45, 2.75) is 0 Å². The molecule has 0 aliphatic heterocycles. The van der Waals surface area contributed by atoms with Crippen LogP contribution in [0, 0.1) is 10.1 Å². The van der Waals surface area contributed by atoms with Gasteiger partial charge in [-0.1, -0.05) is 0 Å². The zero-order valence-corrected chi connectivity index (χ0v) is 12.7. The Hall–Kier alpha value is -3.81. The Bertz CT molecular complexity index is 903. The van der Waals surface area contributed by atoms with Crippen LogP contribution in [0.15, 0.2) is 65.3 Å². The lowest BCUT2D eigenvalue weighted by atomic mass is 10.2. The number of nitrogens with one attached hydrogen (secondary N) is 1. The molecule has 0 unspecified atom stereocenters. The smallest absolute Gasteiger partial charge is 0.291 e. The lowest BCUT2D eigenvalue weighted by Crippen LogP contribution is -2.11. The molecule has 0 spiro atoms. The van der Waals surface area contributed by atoms with Gasteiger partial charge in [0, 0.05) is 12.1 Å². The van der Waals surface area contributed by atoms with Gasteiger partial charge in [0.15, 0.2) is 5.76 Å². The molecule has 0 bridgehead atoms. The highest BCUT2D eigenvalue weighted by atomic mass is 16.6. The molecule has 0 fully saturated rings. The first-order valence-corrected chi connectivity index (χ1v) is 7.12. The highest BCUT2D eigenvalue weighted by Gasteiger charge is 2.15. The summed E-state index contributed by atoms with van der Waals surface area (Å²) in [6, 6.07) is 12.8. The number of phenolic OH excluding ortho intramolecular Hbond substituents is 1. The number of hydrogen-bond acceptors (Lipinski definition) is 6. The van der Waals surface area contributed by atoms with Gasteiger partial charge < -0.3 is 19.6 Å². The number of anilines is 1. The van der Waals surface area contributed by atoms with Crippen LogP contribution in [0.1, 0.15) is 10.6 Å². The van der Waals surface area contributed by atoms with E-state index in [2.05, 4.69) is 5.32 Å². The van der Waals surface area contributed by atoms with Crippen LogP contribution in [0.25, 0.3) is 0 Å². The summed E-state index contributed by atoms with van der Waals surface area (Å²) in [5.74, 6) is 0.141. The minimum absolute atomic E-state index is 0.0674. The molecule has 0 radical (unpaired) electrons. The number of benzene rings is 2. The van der Waals surface area contributed by atoms with E-state index in [1.807, 2.05) is 0 Å². The molecule has 25 heavy (non-hydrogen) atoms. The van der Waals surface area contributed by atoms with Crippen molar-refractivity contribution in [3.05, 3.63) is 76.7 Å². The number of nitro groups is 1. The number of nitro benzene ring substituents is 1. The first-order chi connectivity index (χ1) is 12.0. The number of carbonyl (C=O) groups is 1. The molecule has 8 nitrogen and oxygen atoms in total. The minimum atomic E-state index is -0.591. The number of hydrogen-bond donors (Lipinski definition) is 2. The molecule has 0 aliphatic rings. The third kappa shape index (κ3) is 3.94. The van der Waals surface area contributed by atoms with E-state index in [0.29, 0.717) is 5.75 Å². The van der Waals surface area contributed by atoms with Gasteiger partial charge in [-0.15, -0.1) is 0 Å². The van der Waals surface area contributed by atoms with Gasteiger partial charge in [0.2, 0.25) is 0 Å². The average molecular weight is 340 g/mol. The van der Waals surface area contributed by atoms with Crippen LogP contribution >= 0.6 is 0 Å². The summed E-state index contributed by atoms with van der Waals surface area (Å²) in [7, 11) is 0. The van der Waals surface area contributed by atoms with Crippen molar-refractivity contribution >= 4 is 17.3 Å². The van der Waals surface area contributed by atoms with Crippen molar-refractivity contribution in [3.8, 4) is 17.2 Å². The van der Waals surface area contributed by atoms with Gasteiger partial charge in [-0.2, -0.15) is 0 Å². The van der Waals surface area contributed by atoms with Crippen molar-refractivity contribution in [1.29, 1.82) is 0 Å². The van der Waals surface area contributed by atoms with E-state index in [1.165, 1.54) is 54.8 Å². The fraction of sp³-hybridized carbons (Fsp3) is 0. The second kappa shape index (κ2) is 6.75. The fourth-order valence-electron chi connectivity index (χ4n) is 2.07. The summed E-state index contributed by atoms with van der Waals surface area (Å²) < 4.78 is 10.5.